The zero-order valence-electron chi connectivity index (χ0n) is 9.07. The summed E-state index contributed by atoms with van der Waals surface area (Å²) in [6.45, 7) is 1.90. The summed E-state index contributed by atoms with van der Waals surface area (Å²) in [4.78, 5) is 11.5. The molecular formula is C13H13NO2. The topological polar surface area (TPSA) is 56.2 Å². The van der Waals surface area contributed by atoms with E-state index in [9.17, 15) is 4.79 Å². The molecule has 0 spiro atoms. The third-order valence-electron chi connectivity index (χ3n) is 2.55. The molecule has 0 amide bonds. The fourth-order valence-electron chi connectivity index (χ4n) is 1.65. The number of nitrogen functional groups attached to an aromatic ring is 1. The van der Waals surface area contributed by atoms with Gasteiger partial charge in [-0.3, -0.25) is 0 Å². The van der Waals surface area contributed by atoms with Crippen LogP contribution in [0.4, 0.5) is 5.69 Å². The first-order valence-corrected chi connectivity index (χ1v) is 5.08. The van der Waals surface area contributed by atoms with Gasteiger partial charge >= 0.3 is 5.63 Å². The first-order chi connectivity index (χ1) is 7.66. The summed E-state index contributed by atoms with van der Waals surface area (Å²) in [6, 6.07) is 9.31. The van der Waals surface area contributed by atoms with Crippen molar-refractivity contribution in [3.63, 3.8) is 0 Å². The Morgan fingerprint density at radius 2 is 2.12 bits per heavy atom. The van der Waals surface area contributed by atoms with Crippen LogP contribution in [-0.2, 0) is 6.42 Å². The van der Waals surface area contributed by atoms with E-state index in [4.69, 9.17) is 10.2 Å². The van der Waals surface area contributed by atoms with Gasteiger partial charge in [-0.15, -0.1) is 0 Å². The molecule has 1 heterocycles. The number of anilines is 1. The van der Waals surface area contributed by atoms with Crippen molar-refractivity contribution in [2.45, 2.75) is 13.3 Å². The van der Waals surface area contributed by atoms with Crippen molar-refractivity contribution < 1.29 is 4.42 Å². The Morgan fingerprint density at radius 1 is 1.31 bits per heavy atom. The molecule has 3 nitrogen and oxygen atoms in total. The van der Waals surface area contributed by atoms with Gasteiger partial charge in [0.15, 0.2) is 0 Å². The maximum Gasteiger partial charge on any atom is 0.339 e. The summed E-state index contributed by atoms with van der Waals surface area (Å²) in [5, 5.41) is 0. The van der Waals surface area contributed by atoms with Crippen LogP contribution < -0.4 is 11.4 Å². The van der Waals surface area contributed by atoms with E-state index in [2.05, 4.69) is 0 Å². The van der Waals surface area contributed by atoms with Crippen LogP contribution in [0.25, 0.3) is 0 Å². The number of hydrogen-bond acceptors (Lipinski definition) is 3. The van der Waals surface area contributed by atoms with Crippen LogP contribution in [0.1, 0.15) is 16.7 Å². The van der Waals surface area contributed by atoms with Crippen LogP contribution in [0.15, 0.2) is 45.8 Å². The van der Waals surface area contributed by atoms with Gasteiger partial charge in [0.2, 0.25) is 0 Å². The van der Waals surface area contributed by atoms with Crippen LogP contribution in [0.5, 0.6) is 0 Å². The predicted molar refractivity (Wildman–Crippen MR) is 63.4 cm³/mol. The van der Waals surface area contributed by atoms with E-state index in [0.29, 0.717) is 17.7 Å². The first kappa shape index (κ1) is 10.5. The average Bonchev–Trinajstić information content (AvgIpc) is 2.24. The lowest BCUT2D eigenvalue weighted by Gasteiger charge is -2.04. The van der Waals surface area contributed by atoms with Crippen molar-refractivity contribution in [2.75, 3.05) is 5.73 Å². The van der Waals surface area contributed by atoms with E-state index in [-0.39, 0.29) is 5.63 Å². The second-order valence-electron chi connectivity index (χ2n) is 3.79. The highest BCUT2D eigenvalue weighted by Crippen LogP contribution is 2.12. The van der Waals surface area contributed by atoms with E-state index in [1.807, 2.05) is 31.2 Å². The van der Waals surface area contributed by atoms with Crippen molar-refractivity contribution in [1.29, 1.82) is 0 Å². The zero-order chi connectivity index (χ0) is 11.5. The number of hydrogen-bond donors (Lipinski definition) is 1. The van der Waals surface area contributed by atoms with E-state index in [1.54, 1.807) is 6.07 Å². The summed E-state index contributed by atoms with van der Waals surface area (Å²) >= 11 is 0. The molecule has 0 aliphatic carbocycles. The third kappa shape index (κ3) is 2.14. The second-order valence-corrected chi connectivity index (χ2v) is 3.79. The van der Waals surface area contributed by atoms with Crippen molar-refractivity contribution >= 4 is 5.69 Å². The highest BCUT2D eigenvalue weighted by Gasteiger charge is 2.06. The summed E-state index contributed by atoms with van der Waals surface area (Å²) in [5.74, 6) is 0. The highest BCUT2D eigenvalue weighted by atomic mass is 16.4. The number of rotatable bonds is 2. The molecule has 0 aliphatic rings. The van der Waals surface area contributed by atoms with Gasteiger partial charge in [0.05, 0.1) is 6.26 Å². The number of benzene rings is 1. The molecule has 3 heteroatoms. The Hall–Kier alpha value is -2.03. The Labute approximate surface area is 93.5 Å². The number of nitrogens with two attached hydrogens (primary N) is 1. The zero-order valence-corrected chi connectivity index (χ0v) is 9.07. The molecule has 0 fully saturated rings. The van der Waals surface area contributed by atoms with Crippen LogP contribution >= 0.6 is 0 Å². The molecule has 16 heavy (non-hydrogen) atoms. The second kappa shape index (κ2) is 4.23. The van der Waals surface area contributed by atoms with Gasteiger partial charge < -0.3 is 10.2 Å². The lowest BCUT2D eigenvalue weighted by molar-refractivity contribution is 0.501. The molecule has 1 aromatic carbocycles. The van der Waals surface area contributed by atoms with E-state index >= 15 is 0 Å². The molecule has 0 aliphatic heterocycles. The molecule has 0 saturated heterocycles. The van der Waals surface area contributed by atoms with Gasteiger partial charge in [-0.05, 0) is 36.2 Å². The van der Waals surface area contributed by atoms with Crippen LogP contribution in [0, 0.1) is 6.92 Å². The third-order valence-corrected chi connectivity index (χ3v) is 2.55. The summed E-state index contributed by atoms with van der Waals surface area (Å²) in [5.41, 5.74) is 8.76. The largest absolute Gasteiger partial charge is 0.431 e. The van der Waals surface area contributed by atoms with Crippen LogP contribution in [0.3, 0.4) is 0 Å². The monoisotopic (exact) mass is 215 g/mol. The number of aryl methyl sites for hydroxylation is 1. The lowest BCUT2D eigenvalue weighted by Crippen LogP contribution is -2.09. The summed E-state index contributed by atoms with van der Waals surface area (Å²) < 4.78 is 4.85. The fraction of sp³-hybridized carbons (Fsp3) is 0.154. The maximum atomic E-state index is 11.5. The molecule has 0 atom stereocenters. The lowest BCUT2D eigenvalue weighted by atomic mass is 10.0. The minimum atomic E-state index is -0.276. The van der Waals surface area contributed by atoms with E-state index < -0.39 is 0 Å². The predicted octanol–water partition coefficient (Wildman–Crippen LogP) is 2.12. The quantitative estimate of drug-likeness (QED) is 0.781. The SMILES string of the molecule is Cc1ccoc(=O)c1Cc1cccc(N)c1. The van der Waals surface area contributed by atoms with E-state index in [0.717, 1.165) is 11.1 Å². The average molecular weight is 215 g/mol. The molecule has 2 rings (SSSR count). The molecule has 0 bridgehead atoms. The molecule has 0 saturated carbocycles. The summed E-state index contributed by atoms with van der Waals surface area (Å²) in [7, 11) is 0. The smallest absolute Gasteiger partial charge is 0.339 e. The van der Waals surface area contributed by atoms with Crippen LogP contribution in [0.2, 0.25) is 0 Å². The van der Waals surface area contributed by atoms with Crippen molar-refractivity contribution in [2.24, 2.45) is 0 Å². The van der Waals surface area contributed by atoms with Gasteiger partial charge in [-0.1, -0.05) is 12.1 Å². The maximum absolute atomic E-state index is 11.5. The molecule has 82 valence electrons. The van der Waals surface area contributed by atoms with Crippen molar-refractivity contribution in [3.05, 3.63) is 63.7 Å². The Bertz CT molecular complexity index is 558. The van der Waals surface area contributed by atoms with Crippen molar-refractivity contribution in [1.82, 2.24) is 0 Å². The standard InChI is InChI=1S/C13H13NO2/c1-9-5-6-16-13(15)12(9)8-10-3-2-4-11(14)7-10/h2-7H,8,14H2,1H3. The normalized spacial score (nSPS) is 10.3. The summed E-state index contributed by atoms with van der Waals surface area (Å²) in [6.07, 6.45) is 1.97. The molecule has 2 N–H and O–H groups in total. The molecular weight excluding hydrogens is 202 g/mol. The molecule has 0 unspecified atom stereocenters. The Kier molecular flexibility index (Phi) is 2.77. The molecule has 2 aromatic rings. The van der Waals surface area contributed by atoms with Gasteiger partial charge in [0.25, 0.3) is 0 Å². The molecule has 1 aromatic heterocycles. The van der Waals surface area contributed by atoms with Gasteiger partial charge in [0, 0.05) is 17.7 Å². The minimum Gasteiger partial charge on any atom is -0.431 e. The Morgan fingerprint density at radius 3 is 2.81 bits per heavy atom. The Balaban J connectivity index is 2.38. The highest BCUT2D eigenvalue weighted by molar-refractivity contribution is 5.42. The first-order valence-electron chi connectivity index (χ1n) is 5.08. The minimum absolute atomic E-state index is 0.276. The van der Waals surface area contributed by atoms with Gasteiger partial charge in [0.1, 0.15) is 0 Å². The van der Waals surface area contributed by atoms with Gasteiger partial charge in [-0.25, -0.2) is 4.79 Å². The van der Waals surface area contributed by atoms with Crippen LogP contribution in [-0.4, -0.2) is 0 Å². The fourth-order valence-corrected chi connectivity index (χ4v) is 1.65. The van der Waals surface area contributed by atoms with Gasteiger partial charge in [-0.2, -0.15) is 0 Å². The van der Waals surface area contributed by atoms with Crippen molar-refractivity contribution in [3.8, 4) is 0 Å². The molecule has 0 radical (unpaired) electrons. The van der Waals surface area contributed by atoms with E-state index in [1.165, 1.54) is 6.26 Å².